The van der Waals surface area contributed by atoms with Crippen molar-refractivity contribution in [3.8, 4) is 5.75 Å². The SMILES string of the molecule is CCNC1CCc2c(OCCCCO)cccc21. The van der Waals surface area contributed by atoms with E-state index in [2.05, 4.69) is 30.4 Å². The number of nitrogens with one attached hydrogen (secondary N) is 1. The minimum absolute atomic E-state index is 0.249. The lowest BCUT2D eigenvalue weighted by atomic mass is 10.1. The second-order valence-electron chi connectivity index (χ2n) is 4.75. The molecule has 0 amide bonds. The lowest BCUT2D eigenvalue weighted by Gasteiger charge is -2.14. The molecule has 3 heteroatoms. The van der Waals surface area contributed by atoms with Crippen LogP contribution in [0.15, 0.2) is 18.2 Å². The van der Waals surface area contributed by atoms with Gasteiger partial charge in [0.05, 0.1) is 6.61 Å². The zero-order valence-corrected chi connectivity index (χ0v) is 11.1. The number of aliphatic hydroxyl groups is 1. The predicted octanol–water partition coefficient (Wildman–Crippen LogP) is 2.43. The maximum Gasteiger partial charge on any atom is 0.122 e. The van der Waals surface area contributed by atoms with Crippen LogP contribution < -0.4 is 10.1 Å². The Kier molecular flexibility index (Phi) is 5.02. The van der Waals surface area contributed by atoms with E-state index in [1.54, 1.807) is 0 Å². The van der Waals surface area contributed by atoms with Gasteiger partial charge in [0.2, 0.25) is 0 Å². The summed E-state index contributed by atoms with van der Waals surface area (Å²) in [5, 5.41) is 12.3. The Hall–Kier alpha value is -1.06. The molecule has 3 nitrogen and oxygen atoms in total. The molecule has 2 N–H and O–H groups in total. The summed E-state index contributed by atoms with van der Waals surface area (Å²) in [5.41, 5.74) is 2.77. The highest BCUT2D eigenvalue weighted by Gasteiger charge is 2.24. The van der Waals surface area contributed by atoms with Crippen molar-refractivity contribution in [1.29, 1.82) is 0 Å². The summed E-state index contributed by atoms with van der Waals surface area (Å²) in [6.45, 7) is 4.10. The standard InChI is InChI=1S/C15H23NO2/c1-2-16-14-9-8-13-12(14)6-5-7-15(13)18-11-4-3-10-17/h5-7,14,16-17H,2-4,8-11H2,1H3. The molecule has 0 radical (unpaired) electrons. The molecule has 0 fully saturated rings. The van der Waals surface area contributed by atoms with Gasteiger partial charge < -0.3 is 15.2 Å². The Balaban J connectivity index is 2.00. The van der Waals surface area contributed by atoms with E-state index in [-0.39, 0.29) is 6.61 Å². The van der Waals surface area contributed by atoms with E-state index in [0.29, 0.717) is 12.6 Å². The van der Waals surface area contributed by atoms with Gasteiger partial charge >= 0.3 is 0 Å². The van der Waals surface area contributed by atoms with Crippen LogP contribution in [0.25, 0.3) is 0 Å². The average molecular weight is 249 g/mol. The van der Waals surface area contributed by atoms with E-state index in [1.165, 1.54) is 17.5 Å². The number of aliphatic hydroxyl groups excluding tert-OH is 1. The summed E-state index contributed by atoms with van der Waals surface area (Å²) < 4.78 is 5.84. The Morgan fingerprint density at radius 1 is 1.39 bits per heavy atom. The average Bonchev–Trinajstić information content (AvgIpc) is 2.79. The van der Waals surface area contributed by atoms with Crippen LogP contribution in [0.4, 0.5) is 0 Å². The molecule has 1 unspecified atom stereocenters. The smallest absolute Gasteiger partial charge is 0.122 e. The van der Waals surface area contributed by atoms with Crippen LogP contribution in [0.1, 0.15) is 43.4 Å². The highest BCUT2D eigenvalue weighted by molar-refractivity contribution is 5.45. The molecular formula is C15H23NO2. The highest BCUT2D eigenvalue weighted by atomic mass is 16.5. The van der Waals surface area contributed by atoms with Crippen LogP contribution in [0.2, 0.25) is 0 Å². The summed E-state index contributed by atoms with van der Waals surface area (Å²) in [7, 11) is 0. The lowest BCUT2D eigenvalue weighted by molar-refractivity contribution is 0.252. The third-order valence-corrected chi connectivity index (χ3v) is 3.49. The predicted molar refractivity (Wildman–Crippen MR) is 73.0 cm³/mol. The summed E-state index contributed by atoms with van der Waals surface area (Å²) in [6.07, 6.45) is 4.00. The monoisotopic (exact) mass is 249 g/mol. The van der Waals surface area contributed by atoms with E-state index in [0.717, 1.165) is 31.6 Å². The zero-order valence-electron chi connectivity index (χ0n) is 11.1. The topological polar surface area (TPSA) is 41.5 Å². The largest absolute Gasteiger partial charge is 0.493 e. The minimum Gasteiger partial charge on any atom is -0.493 e. The van der Waals surface area contributed by atoms with Crippen molar-refractivity contribution in [1.82, 2.24) is 5.32 Å². The van der Waals surface area contributed by atoms with Crippen LogP contribution >= 0.6 is 0 Å². The molecular weight excluding hydrogens is 226 g/mol. The minimum atomic E-state index is 0.249. The van der Waals surface area contributed by atoms with E-state index in [4.69, 9.17) is 9.84 Å². The molecule has 0 saturated heterocycles. The van der Waals surface area contributed by atoms with Gasteiger partial charge in [0, 0.05) is 12.6 Å². The Bertz CT molecular complexity index is 379. The fourth-order valence-corrected chi connectivity index (χ4v) is 2.61. The number of hydrogen-bond acceptors (Lipinski definition) is 3. The van der Waals surface area contributed by atoms with Crippen molar-refractivity contribution in [3.05, 3.63) is 29.3 Å². The highest BCUT2D eigenvalue weighted by Crippen LogP contribution is 2.36. The third-order valence-electron chi connectivity index (χ3n) is 3.49. The second kappa shape index (κ2) is 6.76. The number of ether oxygens (including phenoxy) is 1. The summed E-state index contributed by atoms with van der Waals surface area (Å²) >= 11 is 0. The zero-order chi connectivity index (χ0) is 12.8. The van der Waals surface area contributed by atoms with Crippen LogP contribution in [-0.2, 0) is 6.42 Å². The molecule has 1 atom stereocenters. The Labute approximate surface area is 109 Å². The van der Waals surface area contributed by atoms with Gasteiger partial charge in [-0.15, -0.1) is 0 Å². The van der Waals surface area contributed by atoms with Crippen LogP contribution in [-0.4, -0.2) is 24.9 Å². The molecule has 0 aromatic heterocycles. The van der Waals surface area contributed by atoms with Crippen molar-refractivity contribution in [2.24, 2.45) is 0 Å². The van der Waals surface area contributed by atoms with Crippen molar-refractivity contribution in [2.45, 2.75) is 38.6 Å². The van der Waals surface area contributed by atoms with Crippen LogP contribution in [0.5, 0.6) is 5.75 Å². The molecule has 0 bridgehead atoms. The van der Waals surface area contributed by atoms with Crippen molar-refractivity contribution in [3.63, 3.8) is 0 Å². The molecule has 2 rings (SSSR count). The van der Waals surface area contributed by atoms with E-state index in [1.807, 2.05) is 0 Å². The van der Waals surface area contributed by atoms with Crippen molar-refractivity contribution < 1.29 is 9.84 Å². The van der Waals surface area contributed by atoms with E-state index < -0.39 is 0 Å². The lowest BCUT2D eigenvalue weighted by Crippen LogP contribution is -2.18. The van der Waals surface area contributed by atoms with Crippen molar-refractivity contribution in [2.75, 3.05) is 19.8 Å². The van der Waals surface area contributed by atoms with Gasteiger partial charge in [0.15, 0.2) is 0 Å². The number of rotatable bonds is 7. The van der Waals surface area contributed by atoms with E-state index in [9.17, 15) is 0 Å². The fraction of sp³-hybridized carbons (Fsp3) is 0.600. The number of hydrogen-bond donors (Lipinski definition) is 2. The third kappa shape index (κ3) is 3.03. The quantitative estimate of drug-likeness (QED) is 0.729. The van der Waals surface area contributed by atoms with Gasteiger partial charge in [-0.05, 0) is 49.4 Å². The number of fused-ring (bicyclic) bond motifs is 1. The van der Waals surface area contributed by atoms with Crippen molar-refractivity contribution >= 4 is 0 Å². The van der Waals surface area contributed by atoms with E-state index >= 15 is 0 Å². The summed E-state index contributed by atoms with van der Waals surface area (Å²) in [4.78, 5) is 0. The fourth-order valence-electron chi connectivity index (χ4n) is 2.61. The van der Waals surface area contributed by atoms with Gasteiger partial charge in [-0.3, -0.25) is 0 Å². The van der Waals surface area contributed by atoms with Gasteiger partial charge in [-0.25, -0.2) is 0 Å². The summed E-state index contributed by atoms with van der Waals surface area (Å²) in [6, 6.07) is 6.84. The number of benzene rings is 1. The molecule has 1 aliphatic carbocycles. The molecule has 1 aromatic rings. The number of unbranched alkanes of at least 4 members (excludes halogenated alkanes) is 1. The molecule has 0 saturated carbocycles. The second-order valence-corrected chi connectivity index (χ2v) is 4.75. The molecule has 0 spiro atoms. The maximum absolute atomic E-state index is 8.75. The first kappa shape index (κ1) is 13.4. The molecule has 0 heterocycles. The first-order chi connectivity index (χ1) is 8.86. The Morgan fingerprint density at radius 3 is 3.06 bits per heavy atom. The molecule has 1 aromatic carbocycles. The first-order valence-corrected chi connectivity index (χ1v) is 6.95. The van der Waals surface area contributed by atoms with Gasteiger partial charge in [-0.2, -0.15) is 0 Å². The maximum atomic E-state index is 8.75. The van der Waals surface area contributed by atoms with Gasteiger partial charge in [-0.1, -0.05) is 19.1 Å². The normalized spacial score (nSPS) is 17.8. The molecule has 1 aliphatic rings. The van der Waals surface area contributed by atoms with Gasteiger partial charge in [0.25, 0.3) is 0 Å². The first-order valence-electron chi connectivity index (χ1n) is 6.95. The van der Waals surface area contributed by atoms with Crippen LogP contribution in [0.3, 0.4) is 0 Å². The Morgan fingerprint density at radius 2 is 2.28 bits per heavy atom. The molecule has 18 heavy (non-hydrogen) atoms. The summed E-state index contributed by atoms with van der Waals surface area (Å²) in [5.74, 6) is 1.03. The van der Waals surface area contributed by atoms with Gasteiger partial charge in [0.1, 0.15) is 5.75 Å². The van der Waals surface area contributed by atoms with Crippen LogP contribution in [0, 0.1) is 0 Å². The molecule has 0 aliphatic heterocycles. The molecule has 100 valence electrons.